The average molecular weight is 432 g/mol. The van der Waals surface area contributed by atoms with Gasteiger partial charge in [0.2, 0.25) is 0 Å². The SMILES string of the molecule is COc1cccc(C(=O)N2CCN(c3nc4ccc(S(C)(=O)=O)cc4s3)CC2)c1. The molecule has 4 rings (SSSR count). The first kappa shape index (κ1) is 19.7. The van der Waals surface area contributed by atoms with Gasteiger partial charge in [-0.2, -0.15) is 0 Å². The molecule has 1 amide bonds. The molecule has 0 saturated carbocycles. The summed E-state index contributed by atoms with van der Waals surface area (Å²) in [5.74, 6) is 0.656. The molecule has 0 unspecified atom stereocenters. The second kappa shape index (κ2) is 7.64. The molecule has 7 nitrogen and oxygen atoms in total. The van der Waals surface area contributed by atoms with Gasteiger partial charge in [0.25, 0.3) is 5.91 Å². The lowest BCUT2D eigenvalue weighted by atomic mass is 10.1. The van der Waals surface area contributed by atoms with E-state index in [-0.39, 0.29) is 5.91 Å². The summed E-state index contributed by atoms with van der Waals surface area (Å²) in [6, 6.07) is 12.2. The van der Waals surface area contributed by atoms with Crippen molar-refractivity contribution in [3.63, 3.8) is 0 Å². The molecule has 0 atom stereocenters. The number of aromatic nitrogens is 1. The Kier molecular flexibility index (Phi) is 5.18. The number of hydrogen-bond donors (Lipinski definition) is 0. The number of nitrogens with zero attached hydrogens (tertiary/aromatic N) is 3. The molecule has 29 heavy (non-hydrogen) atoms. The van der Waals surface area contributed by atoms with Crippen LogP contribution in [0.25, 0.3) is 10.2 Å². The van der Waals surface area contributed by atoms with Crippen LogP contribution < -0.4 is 9.64 Å². The number of benzene rings is 2. The molecule has 2 aromatic carbocycles. The Bertz CT molecular complexity index is 1170. The number of amides is 1. The minimum absolute atomic E-state index is 0.00866. The molecule has 0 N–H and O–H groups in total. The summed E-state index contributed by atoms with van der Waals surface area (Å²) in [7, 11) is -1.66. The molecule has 0 spiro atoms. The molecular formula is C20H21N3O4S2. The third-order valence-electron chi connectivity index (χ3n) is 4.93. The van der Waals surface area contributed by atoms with E-state index in [0.717, 1.165) is 15.3 Å². The molecule has 1 aliphatic rings. The van der Waals surface area contributed by atoms with Gasteiger partial charge in [-0.15, -0.1) is 0 Å². The first-order valence-corrected chi connectivity index (χ1v) is 11.8. The Balaban J connectivity index is 1.47. The normalized spacial score (nSPS) is 15.0. The molecular weight excluding hydrogens is 410 g/mol. The summed E-state index contributed by atoms with van der Waals surface area (Å²) in [6.07, 6.45) is 1.20. The van der Waals surface area contributed by atoms with Crippen molar-refractivity contribution < 1.29 is 17.9 Å². The van der Waals surface area contributed by atoms with Crippen LogP contribution in [-0.2, 0) is 9.84 Å². The van der Waals surface area contributed by atoms with Crippen molar-refractivity contribution in [1.29, 1.82) is 0 Å². The number of carbonyl (C=O) groups is 1. The highest BCUT2D eigenvalue weighted by Gasteiger charge is 2.24. The number of anilines is 1. The van der Waals surface area contributed by atoms with Crippen LogP contribution in [0.5, 0.6) is 5.75 Å². The zero-order valence-electron chi connectivity index (χ0n) is 16.2. The van der Waals surface area contributed by atoms with E-state index < -0.39 is 9.84 Å². The van der Waals surface area contributed by atoms with E-state index in [9.17, 15) is 13.2 Å². The highest BCUT2D eigenvalue weighted by molar-refractivity contribution is 7.90. The van der Waals surface area contributed by atoms with Crippen molar-refractivity contribution in [3.05, 3.63) is 48.0 Å². The summed E-state index contributed by atoms with van der Waals surface area (Å²) in [5.41, 5.74) is 1.40. The van der Waals surface area contributed by atoms with Crippen LogP contribution in [0, 0.1) is 0 Å². The summed E-state index contributed by atoms with van der Waals surface area (Å²) in [4.78, 5) is 21.7. The van der Waals surface area contributed by atoms with Crippen LogP contribution in [0.2, 0.25) is 0 Å². The summed E-state index contributed by atoms with van der Waals surface area (Å²) in [6.45, 7) is 2.55. The molecule has 1 aromatic heterocycles. The Hall–Kier alpha value is -2.65. The zero-order valence-corrected chi connectivity index (χ0v) is 17.8. The monoisotopic (exact) mass is 431 g/mol. The van der Waals surface area contributed by atoms with Gasteiger partial charge in [-0.1, -0.05) is 17.4 Å². The Morgan fingerprint density at radius 2 is 1.86 bits per heavy atom. The summed E-state index contributed by atoms with van der Waals surface area (Å²) in [5, 5.41) is 0.846. The molecule has 2 heterocycles. The van der Waals surface area contributed by atoms with E-state index in [2.05, 4.69) is 9.88 Å². The van der Waals surface area contributed by atoms with Gasteiger partial charge in [0.05, 0.1) is 22.2 Å². The van der Waals surface area contributed by atoms with Gasteiger partial charge in [-0.05, 0) is 36.4 Å². The van der Waals surface area contributed by atoms with Gasteiger partial charge >= 0.3 is 0 Å². The maximum absolute atomic E-state index is 12.8. The maximum atomic E-state index is 12.8. The number of hydrogen-bond acceptors (Lipinski definition) is 7. The number of methoxy groups -OCH3 is 1. The first-order chi connectivity index (χ1) is 13.8. The standard InChI is InChI=1S/C20H21N3O4S2/c1-27-15-5-3-4-14(12-15)19(24)22-8-10-23(11-9-22)20-21-17-7-6-16(29(2,25)26)13-18(17)28-20/h3-7,12-13H,8-11H2,1-2H3. The predicted octanol–water partition coefficient (Wildman–Crippen LogP) is 2.67. The van der Waals surface area contributed by atoms with Crippen LogP contribution in [0.15, 0.2) is 47.4 Å². The molecule has 1 saturated heterocycles. The van der Waals surface area contributed by atoms with E-state index >= 15 is 0 Å². The topological polar surface area (TPSA) is 79.8 Å². The fourth-order valence-corrected chi connectivity index (χ4v) is 5.08. The third-order valence-corrected chi connectivity index (χ3v) is 7.12. The Morgan fingerprint density at radius 1 is 1.10 bits per heavy atom. The second-order valence-electron chi connectivity index (χ2n) is 6.91. The van der Waals surface area contributed by atoms with E-state index in [1.165, 1.54) is 17.6 Å². The van der Waals surface area contributed by atoms with E-state index in [0.29, 0.717) is 42.4 Å². The lowest BCUT2D eigenvalue weighted by Crippen LogP contribution is -2.48. The fraction of sp³-hybridized carbons (Fsp3) is 0.300. The number of rotatable bonds is 4. The lowest BCUT2D eigenvalue weighted by molar-refractivity contribution is 0.0746. The van der Waals surface area contributed by atoms with Crippen LogP contribution >= 0.6 is 11.3 Å². The largest absolute Gasteiger partial charge is 0.497 e. The molecule has 152 valence electrons. The van der Waals surface area contributed by atoms with Crippen LogP contribution in [0.4, 0.5) is 5.13 Å². The highest BCUT2D eigenvalue weighted by atomic mass is 32.2. The van der Waals surface area contributed by atoms with Crippen molar-refractivity contribution in [2.75, 3.05) is 44.4 Å². The van der Waals surface area contributed by atoms with Gasteiger partial charge in [-0.3, -0.25) is 4.79 Å². The van der Waals surface area contributed by atoms with Crippen molar-refractivity contribution in [1.82, 2.24) is 9.88 Å². The smallest absolute Gasteiger partial charge is 0.254 e. The van der Waals surface area contributed by atoms with Gasteiger partial charge in [0.15, 0.2) is 15.0 Å². The van der Waals surface area contributed by atoms with Crippen LogP contribution in [-0.4, -0.2) is 63.8 Å². The highest BCUT2D eigenvalue weighted by Crippen LogP contribution is 2.31. The van der Waals surface area contributed by atoms with E-state index in [1.54, 1.807) is 37.4 Å². The first-order valence-electron chi connectivity index (χ1n) is 9.14. The average Bonchev–Trinajstić information content (AvgIpc) is 3.16. The van der Waals surface area contributed by atoms with Crippen LogP contribution in [0.1, 0.15) is 10.4 Å². The second-order valence-corrected chi connectivity index (χ2v) is 9.93. The number of sulfone groups is 1. The van der Waals surface area contributed by atoms with Gasteiger partial charge in [0, 0.05) is 38.0 Å². The molecule has 1 fully saturated rings. The Morgan fingerprint density at radius 3 is 2.55 bits per heavy atom. The predicted molar refractivity (Wildman–Crippen MR) is 114 cm³/mol. The van der Waals surface area contributed by atoms with Crippen LogP contribution in [0.3, 0.4) is 0 Å². The number of fused-ring (bicyclic) bond motifs is 1. The molecule has 0 bridgehead atoms. The van der Waals surface area contributed by atoms with Gasteiger partial charge in [0.1, 0.15) is 5.75 Å². The van der Waals surface area contributed by atoms with Crippen molar-refractivity contribution in [2.24, 2.45) is 0 Å². The van der Waals surface area contributed by atoms with Crippen molar-refractivity contribution in [3.8, 4) is 5.75 Å². The maximum Gasteiger partial charge on any atom is 0.254 e. The number of carbonyl (C=O) groups excluding carboxylic acids is 1. The van der Waals surface area contributed by atoms with Crippen molar-refractivity contribution >= 4 is 42.4 Å². The van der Waals surface area contributed by atoms with Gasteiger partial charge < -0.3 is 14.5 Å². The van der Waals surface area contributed by atoms with Crippen molar-refractivity contribution in [2.45, 2.75) is 4.90 Å². The van der Waals surface area contributed by atoms with E-state index in [4.69, 9.17) is 4.74 Å². The molecule has 0 aliphatic carbocycles. The molecule has 3 aromatic rings. The molecule has 1 aliphatic heterocycles. The lowest BCUT2D eigenvalue weighted by Gasteiger charge is -2.34. The minimum Gasteiger partial charge on any atom is -0.497 e. The fourth-order valence-electron chi connectivity index (χ4n) is 3.30. The minimum atomic E-state index is -3.25. The quantitative estimate of drug-likeness (QED) is 0.632. The number of ether oxygens (including phenoxy) is 1. The van der Waals surface area contributed by atoms with Gasteiger partial charge in [-0.25, -0.2) is 13.4 Å². The van der Waals surface area contributed by atoms with E-state index in [1.807, 2.05) is 17.0 Å². The number of thiazole rings is 1. The molecule has 0 radical (unpaired) electrons. The third kappa shape index (κ3) is 4.06. The summed E-state index contributed by atoms with van der Waals surface area (Å²) < 4.78 is 29.6. The number of piperazine rings is 1. The molecule has 9 heteroatoms. The Labute approximate surface area is 173 Å². The summed E-state index contributed by atoms with van der Waals surface area (Å²) >= 11 is 1.48. The zero-order chi connectivity index (χ0) is 20.6.